The van der Waals surface area contributed by atoms with Gasteiger partial charge in [-0.05, 0) is 19.3 Å². The van der Waals surface area contributed by atoms with Gasteiger partial charge in [0.1, 0.15) is 0 Å². The highest BCUT2D eigenvalue weighted by atomic mass is 32.2. The lowest BCUT2D eigenvalue weighted by Gasteiger charge is -2.05. The van der Waals surface area contributed by atoms with E-state index in [2.05, 4.69) is 6.92 Å². The summed E-state index contributed by atoms with van der Waals surface area (Å²) in [5, 5.41) is 0. The summed E-state index contributed by atoms with van der Waals surface area (Å²) in [4.78, 5) is 0. The minimum Gasteiger partial charge on any atom is -0.328 e. The van der Waals surface area contributed by atoms with Crippen LogP contribution in [0.25, 0.3) is 0 Å². The molecule has 0 amide bonds. The van der Waals surface area contributed by atoms with Crippen LogP contribution in [0.2, 0.25) is 0 Å². The monoisotopic (exact) mass is 180 g/mol. The Balaban J connectivity index is 3.43. The van der Waals surface area contributed by atoms with Crippen molar-refractivity contribution in [3.8, 4) is 0 Å². The average Bonchev–Trinajstić information content (AvgIpc) is 1.85. The van der Waals surface area contributed by atoms with E-state index in [1.54, 1.807) is 0 Å². The maximum Gasteiger partial charge on any atom is 0.264 e. The van der Waals surface area contributed by atoms with Crippen molar-refractivity contribution in [2.75, 3.05) is 5.75 Å². The topological polar surface area (TPSA) is 80.4 Å². The van der Waals surface area contributed by atoms with Crippen LogP contribution < -0.4 is 5.73 Å². The van der Waals surface area contributed by atoms with E-state index in [1.165, 1.54) is 0 Å². The number of hydrogen-bond acceptors (Lipinski definition) is 3. The van der Waals surface area contributed by atoms with Crippen LogP contribution in [0.5, 0.6) is 0 Å². The molecule has 5 heteroatoms. The van der Waals surface area contributed by atoms with Gasteiger partial charge in [0.2, 0.25) is 0 Å². The van der Waals surface area contributed by atoms with Gasteiger partial charge in [0.25, 0.3) is 10.1 Å². The number of hydrogen-bond donors (Lipinski definition) is 2. The van der Waals surface area contributed by atoms with E-state index in [4.69, 9.17) is 10.3 Å². The van der Waals surface area contributed by atoms with Gasteiger partial charge < -0.3 is 5.73 Å². The van der Waals surface area contributed by atoms with Crippen LogP contribution in [0.3, 0.4) is 0 Å². The first kappa shape index (κ1) is 10.9. The summed E-state index contributed by atoms with van der Waals surface area (Å²) in [6.07, 6.45) is 1.57. The third kappa shape index (κ3) is 7.77. The van der Waals surface area contributed by atoms with Gasteiger partial charge in [0.15, 0.2) is 0 Å². The van der Waals surface area contributed by atoms with Gasteiger partial charge in [-0.1, -0.05) is 6.92 Å². The van der Waals surface area contributed by atoms with E-state index in [1.807, 2.05) is 0 Å². The molecule has 0 heterocycles. The standard InChI is InChI=1S/C6H14NO3S/c1-2-6(7)4-3-5-11(8,9)10/h6H,1-5,7H2,(H,8,9,10). The third-order valence-corrected chi connectivity index (χ3v) is 2.15. The zero-order valence-corrected chi connectivity index (χ0v) is 7.18. The normalized spacial score (nSPS) is 14.8. The maximum atomic E-state index is 10.2. The molecule has 67 valence electrons. The van der Waals surface area contributed by atoms with E-state index in [9.17, 15) is 8.42 Å². The highest BCUT2D eigenvalue weighted by Gasteiger charge is 2.05. The Morgan fingerprint density at radius 1 is 1.55 bits per heavy atom. The fourth-order valence-electron chi connectivity index (χ4n) is 0.672. The molecular formula is C6H14NO3S. The molecule has 11 heavy (non-hydrogen) atoms. The molecular weight excluding hydrogens is 166 g/mol. The molecule has 1 unspecified atom stereocenters. The Morgan fingerprint density at radius 3 is 2.45 bits per heavy atom. The zero-order valence-electron chi connectivity index (χ0n) is 6.36. The van der Waals surface area contributed by atoms with Crippen LogP contribution in [0.15, 0.2) is 0 Å². The van der Waals surface area contributed by atoms with Crippen LogP contribution in [-0.4, -0.2) is 24.8 Å². The van der Waals surface area contributed by atoms with Gasteiger partial charge in [0, 0.05) is 6.04 Å². The van der Waals surface area contributed by atoms with Crippen molar-refractivity contribution < 1.29 is 13.0 Å². The summed E-state index contributed by atoms with van der Waals surface area (Å²) in [5.41, 5.74) is 5.46. The lowest BCUT2D eigenvalue weighted by molar-refractivity contribution is 0.477. The van der Waals surface area contributed by atoms with Crippen molar-refractivity contribution in [3.05, 3.63) is 6.92 Å². The fourth-order valence-corrected chi connectivity index (χ4v) is 1.20. The summed E-state index contributed by atoms with van der Waals surface area (Å²) < 4.78 is 28.7. The second kappa shape index (κ2) is 4.69. The second-order valence-corrected chi connectivity index (χ2v) is 4.05. The molecule has 0 aromatic heterocycles. The Labute approximate surface area is 67.5 Å². The van der Waals surface area contributed by atoms with Gasteiger partial charge in [-0.25, -0.2) is 0 Å². The molecule has 0 aromatic rings. The van der Waals surface area contributed by atoms with Gasteiger partial charge in [-0.2, -0.15) is 8.42 Å². The molecule has 0 rings (SSSR count). The summed E-state index contributed by atoms with van der Waals surface area (Å²) in [7, 11) is -3.80. The van der Waals surface area contributed by atoms with E-state index < -0.39 is 10.1 Å². The molecule has 4 nitrogen and oxygen atoms in total. The van der Waals surface area contributed by atoms with Crippen molar-refractivity contribution >= 4 is 10.1 Å². The van der Waals surface area contributed by atoms with Gasteiger partial charge in [-0.3, -0.25) is 4.55 Å². The average molecular weight is 180 g/mol. The second-order valence-electron chi connectivity index (χ2n) is 2.48. The summed E-state index contributed by atoms with van der Waals surface area (Å²) >= 11 is 0. The summed E-state index contributed by atoms with van der Waals surface area (Å²) in [6.45, 7) is 3.56. The van der Waals surface area contributed by atoms with Crippen molar-refractivity contribution in [3.63, 3.8) is 0 Å². The van der Waals surface area contributed by atoms with Crippen molar-refractivity contribution in [1.29, 1.82) is 0 Å². The van der Waals surface area contributed by atoms with Crippen LogP contribution in [0.4, 0.5) is 0 Å². The molecule has 0 aliphatic carbocycles. The number of rotatable bonds is 5. The van der Waals surface area contributed by atoms with Crippen molar-refractivity contribution in [1.82, 2.24) is 0 Å². The first-order chi connectivity index (χ1) is 4.95. The smallest absolute Gasteiger partial charge is 0.264 e. The predicted octanol–water partition coefficient (Wildman–Crippen LogP) is 0.206. The third-order valence-electron chi connectivity index (χ3n) is 1.35. The number of nitrogens with two attached hydrogens (primary N) is 1. The molecule has 0 aromatic carbocycles. The first-order valence-corrected chi connectivity index (χ1v) is 5.06. The maximum absolute atomic E-state index is 10.2. The Hall–Kier alpha value is -0.130. The Bertz CT molecular complexity index is 188. The van der Waals surface area contributed by atoms with Crippen molar-refractivity contribution in [2.24, 2.45) is 5.73 Å². The van der Waals surface area contributed by atoms with E-state index in [-0.39, 0.29) is 11.8 Å². The zero-order chi connectivity index (χ0) is 8.91. The molecule has 0 spiro atoms. The molecule has 3 N–H and O–H groups in total. The van der Waals surface area contributed by atoms with Crippen LogP contribution in [0.1, 0.15) is 19.3 Å². The molecule has 1 atom stereocenters. The highest BCUT2D eigenvalue weighted by molar-refractivity contribution is 7.85. The molecule has 0 aliphatic heterocycles. The summed E-state index contributed by atoms with van der Waals surface area (Å²) in [5.74, 6) is -0.208. The molecule has 0 aliphatic rings. The lowest BCUT2D eigenvalue weighted by Crippen LogP contribution is -2.19. The minimum atomic E-state index is -3.80. The molecule has 0 saturated carbocycles. The quantitative estimate of drug-likeness (QED) is 0.592. The van der Waals surface area contributed by atoms with E-state index in [0.717, 1.165) is 0 Å². The van der Waals surface area contributed by atoms with Gasteiger partial charge in [0.05, 0.1) is 5.75 Å². The van der Waals surface area contributed by atoms with Gasteiger partial charge >= 0.3 is 0 Å². The van der Waals surface area contributed by atoms with Crippen LogP contribution >= 0.6 is 0 Å². The SMILES string of the molecule is [CH2]CC(N)CCCS(=O)(=O)O. The fraction of sp³-hybridized carbons (Fsp3) is 0.833. The highest BCUT2D eigenvalue weighted by Crippen LogP contribution is 1.99. The largest absolute Gasteiger partial charge is 0.328 e. The van der Waals surface area contributed by atoms with Crippen molar-refractivity contribution in [2.45, 2.75) is 25.3 Å². The first-order valence-electron chi connectivity index (χ1n) is 3.45. The lowest BCUT2D eigenvalue weighted by atomic mass is 10.1. The van der Waals surface area contributed by atoms with Crippen LogP contribution in [-0.2, 0) is 10.1 Å². The van der Waals surface area contributed by atoms with Crippen LogP contribution in [0, 0.1) is 6.92 Å². The van der Waals surface area contributed by atoms with Gasteiger partial charge in [-0.15, -0.1) is 0 Å². The molecule has 1 radical (unpaired) electrons. The van der Waals surface area contributed by atoms with E-state index >= 15 is 0 Å². The van der Waals surface area contributed by atoms with E-state index in [0.29, 0.717) is 19.3 Å². The molecule has 0 fully saturated rings. The Morgan fingerprint density at radius 2 is 2.09 bits per heavy atom. The molecule has 0 saturated heterocycles. The predicted molar refractivity (Wildman–Crippen MR) is 43.6 cm³/mol. The minimum absolute atomic E-state index is 0.0586. The Kier molecular flexibility index (Phi) is 4.63. The summed E-state index contributed by atoms with van der Waals surface area (Å²) in [6, 6.07) is -0.0586. The molecule has 0 bridgehead atoms.